The van der Waals surface area contributed by atoms with E-state index >= 15 is 0 Å². The number of nitrogens with zero attached hydrogens (tertiary/aromatic N) is 3. The Kier molecular flexibility index (Phi) is 5.23. The van der Waals surface area contributed by atoms with Crippen molar-refractivity contribution >= 4 is 17.5 Å². The van der Waals surface area contributed by atoms with Gasteiger partial charge in [0.15, 0.2) is 0 Å². The molecule has 0 amide bonds. The Hall–Kier alpha value is -2.00. The summed E-state index contributed by atoms with van der Waals surface area (Å²) in [7, 11) is 0. The van der Waals surface area contributed by atoms with Crippen molar-refractivity contribution in [2.24, 2.45) is 5.84 Å². The van der Waals surface area contributed by atoms with Crippen LogP contribution < -0.4 is 16.6 Å². The summed E-state index contributed by atoms with van der Waals surface area (Å²) in [6.07, 6.45) is 4.29. The second-order valence-corrected chi connectivity index (χ2v) is 4.94. The maximum Gasteiger partial charge on any atom is 0.332 e. The predicted molar refractivity (Wildman–Crippen MR) is 77.9 cm³/mol. The minimum Gasteiger partial charge on any atom is -0.378 e. The molecular weight excluding hydrogens is 276 g/mol. The van der Waals surface area contributed by atoms with Crippen LogP contribution in [0, 0.1) is 17.0 Å². The summed E-state index contributed by atoms with van der Waals surface area (Å²) in [5.41, 5.74) is 2.44. The summed E-state index contributed by atoms with van der Waals surface area (Å²) in [5.74, 6) is 5.59. The first kappa shape index (κ1) is 15.4. The Morgan fingerprint density at radius 2 is 2.29 bits per heavy atom. The highest BCUT2D eigenvalue weighted by Crippen LogP contribution is 2.26. The molecule has 9 heteroatoms. The van der Waals surface area contributed by atoms with Gasteiger partial charge in [0.1, 0.15) is 5.69 Å². The van der Waals surface area contributed by atoms with Crippen LogP contribution in [0.3, 0.4) is 0 Å². The van der Waals surface area contributed by atoms with Crippen LogP contribution >= 0.6 is 0 Å². The zero-order valence-corrected chi connectivity index (χ0v) is 12.0. The van der Waals surface area contributed by atoms with Gasteiger partial charge in [0.2, 0.25) is 11.8 Å². The van der Waals surface area contributed by atoms with Gasteiger partial charge in [-0.1, -0.05) is 0 Å². The molecule has 1 aliphatic rings. The van der Waals surface area contributed by atoms with Crippen LogP contribution in [0.2, 0.25) is 0 Å². The summed E-state index contributed by atoms with van der Waals surface area (Å²) >= 11 is 0. The summed E-state index contributed by atoms with van der Waals surface area (Å²) in [6.45, 7) is 2.89. The molecule has 1 aromatic rings. The minimum absolute atomic E-state index is 0.126. The van der Waals surface area contributed by atoms with Gasteiger partial charge in [0.05, 0.1) is 11.0 Å². The molecular formula is C12H20N6O3. The first-order valence-corrected chi connectivity index (χ1v) is 6.97. The number of hydrazine groups is 1. The van der Waals surface area contributed by atoms with E-state index in [4.69, 9.17) is 10.6 Å². The summed E-state index contributed by atoms with van der Waals surface area (Å²) < 4.78 is 5.62. The number of ether oxygens (including phenoxy) is 1. The number of rotatable bonds is 6. The molecule has 2 heterocycles. The fraction of sp³-hybridized carbons (Fsp3) is 0.667. The Bertz CT molecular complexity index is 504. The molecule has 0 spiro atoms. The lowest BCUT2D eigenvalue weighted by atomic mass is 10.1. The average Bonchev–Trinajstić information content (AvgIpc) is 2.47. The van der Waals surface area contributed by atoms with Gasteiger partial charge in [-0.25, -0.2) is 10.8 Å². The molecule has 1 aliphatic heterocycles. The molecule has 1 fully saturated rings. The highest BCUT2D eigenvalue weighted by molar-refractivity contribution is 5.60. The van der Waals surface area contributed by atoms with E-state index in [9.17, 15) is 10.1 Å². The third-order valence-electron chi connectivity index (χ3n) is 3.40. The van der Waals surface area contributed by atoms with Gasteiger partial charge in [-0.05, 0) is 32.6 Å². The number of nitrogen functional groups attached to an aromatic ring is 1. The molecule has 0 aliphatic carbocycles. The van der Waals surface area contributed by atoms with Crippen molar-refractivity contribution in [1.82, 2.24) is 9.97 Å². The van der Waals surface area contributed by atoms with Gasteiger partial charge in [-0.2, -0.15) is 4.98 Å². The van der Waals surface area contributed by atoms with Crippen molar-refractivity contribution < 1.29 is 9.66 Å². The van der Waals surface area contributed by atoms with E-state index in [0.29, 0.717) is 6.54 Å². The number of aromatic nitrogens is 2. The number of anilines is 2. The fourth-order valence-electron chi connectivity index (χ4n) is 2.36. The van der Waals surface area contributed by atoms with Crippen molar-refractivity contribution in [2.75, 3.05) is 23.9 Å². The molecule has 1 aromatic heterocycles. The lowest BCUT2D eigenvalue weighted by molar-refractivity contribution is -0.385. The Balaban J connectivity index is 2.03. The van der Waals surface area contributed by atoms with Gasteiger partial charge in [-0.3, -0.25) is 15.5 Å². The maximum atomic E-state index is 11.1. The molecule has 4 N–H and O–H groups in total. The number of hydrogen-bond acceptors (Lipinski definition) is 8. The zero-order chi connectivity index (χ0) is 15.2. The quantitative estimate of drug-likeness (QED) is 0.407. The van der Waals surface area contributed by atoms with E-state index in [0.717, 1.165) is 25.9 Å². The molecule has 1 saturated heterocycles. The van der Waals surface area contributed by atoms with E-state index in [1.165, 1.54) is 6.42 Å². The third kappa shape index (κ3) is 3.99. The van der Waals surface area contributed by atoms with Crippen molar-refractivity contribution in [3.63, 3.8) is 0 Å². The first-order chi connectivity index (χ1) is 10.1. The van der Waals surface area contributed by atoms with Crippen LogP contribution in [-0.4, -0.2) is 34.1 Å². The lowest BCUT2D eigenvalue weighted by Crippen LogP contribution is -2.22. The van der Waals surface area contributed by atoms with Gasteiger partial charge in [0, 0.05) is 13.2 Å². The van der Waals surface area contributed by atoms with Gasteiger partial charge < -0.3 is 10.1 Å². The van der Waals surface area contributed by atoms with Crippen LogP contribution in [0.1, 0.15) is 31.4 Å². The summed E-state index contributed by atoms with van der Waals surface area (Å²) in [6, 6.07) is 0. The van der Waals surface area contributed by atoms with Crippen molar-refractivity contribution in [3.8, 4) is 0 Å². The second kappa shape index (κ2) is 7.14. The highest BCUT2D eigenvalue weighted by Gasteiger charge is 2.22. The number of nitrogens with one attached hydrogen (secondary N) is 2. The predicted octanol–water partition coefficient (Wildman–Crippen LogP) is 1.35. The molecule has 0 bridgehead atoms. The van der Waals surface area contributed by atoms with Gasteiger partial charge in [-0.15, -0.1) is 0 Å². The van der Waals surface area contributed by atoms with Crippen LogP contribution in [0.5, 0.6) is 0 Å². The molecule has 0 radical (unpaired) electrons. The van der Waals surface area contributed by atoms with Crippen LogP contribution in [0.4, 0.5) is 17.5 Å². The van der Waals surface area contributed by atoms with Gasteiger partial charge in [0.25, 0.3) is 0 Å². The SMILES string of the molecule is Cc1nc(NN)nc(NCCC2CCCCO2)c1[N+](=O)[O-]. The summed E-state index contributed by atoms with van der Waals surface area (Å²) in [4.78, 5) is 18.6. The Morgan fingerprint density at radius 1 is 1.48 bits per heavy atom. The molecule has 1 unspecified atom stereocenters. The molecule has 21 heavy (non-hydrogen) atoms. The van der Waals surface area contributed by atoms with E-state index in [-0.39, 0.29) is 29.3 Å². The number of nitro groups is 1. The highest BCUT2D eigenvalue weighted by atomic mass is 16.6. The molecule has 0 saturated carbocycles. The van der Waals surface area contributed by atoms with Crippen LogP contribution in [0.25, 0.3) is 0 Å². The van der Waals surface area contributed by atoms with Crippen LogP contribution in [-0.2, 0) is 4.74 Å². The minimum atomic E-state index is -0.491. The monoisotopic (exact) mass is 296 g/mol. The molecule has 0 aromatic carbocycles. The second-order valence-electron chi connectivity index (χ2n) is 4.94. The first-order valence-electron chi connectivity index (χ1n) is 6.97. The largest absolute Gasteiger partial charge is 0.378 e. The van der Waals surface area contributed by atoms with Crippen molar-refractivity contribution in [2.45, 2.75) is 38.7 Å². The van der Waals surface area contributed by atoms with Crippen molar-refractivity contribution in [1.29, 1.82) is 0 Å². The Labute approximate surface area is 122 Å². The topological polar surface area (TPSA) is 128 Å². The van der Waals surface area contributed by atoms with Crippen molar-refractivity contribution in [3.05, 3.63) is 15.8 Å². The standard InChI is InChI=1S/C12H20N6O3/c1-8-10(18(19)20)11(16-12(15-8)17-13)14-6-5-9-4-2-3-7-21-9/h9H,2-7,13H2,1H3,(H2,14,15,16,17). The molecule has 1 atom stereocenters. The van der Waals surface area contributed by atoms with Crippen LogP contribution in [0.15, 0.2) is 0 Å². The summed E-state index contributed by atoms with van der Waals surface area (Å²) in [5, 5.41) is 14.1. The van der Waals surface area contributed by atoms with E-state index in [2.05, 4.69) is 20.7 Å². The Morgan fingerprint density at radius 3 is 2.90 bits per heavy atom. The maximum absolute atomic E-state index is 11.1. The number of aryl methyl sites for hydroxylation is 1. The molecule has 116 valence electrons. The zero-order valence-electron chi connectivity index (χ0n) is 12.0. The van der Waals surface area contributed by atoms with E-state index in [1.807, 2.05) is 0 Å². The number of nitrogens with two attached hydrogens (primary N) is 1. The molecule has 9 nitrogen and oxygen atoms in total. The van der Waals surface area contributed by atoms with Gasteiger partial charge >= 0.3 is 5.69 Å². The lowest BCUT2D eigenvalue weighted by Gasteiger charge is -2.22. The fourth-order valence-corrected chi connectivity index (χ4v) is 2.36. The smallest absolute Gasteiger partial charge is 0.332 e. The number of hydrogen-bond donors (Lipinski definition) is 3. The molecule has 2 rings (SSSR count). The average molecular weight is 296 g/mol. The normalized spacial score (nSPS) is 18.3. The third-order valence-corrected chi connectivity index (χ3v) is 3.40. The van der Waals surface area contributed by atoms with E-state index < -0.39 is 4.92 Å². The van der Waals surface area contributed by atoms with E-state index in [1.54, 1.807) is 6.92 Å².